The van der Waals surface area contributed by atoms with Gasteiger partial charge in [0.15, 0.2) is 0 Å². The molecule has 0 saturated carbocycles. The van der Waals surface area contributed by atoms with Gasteiger partial charge in [-0.05, 0) is 19.1 Å². The number of rotatable bonds is 1. The number of likely N-dealkylation sites (N-methyl/N-ethyl adjacent to an activating group) is 1. The van der Waals surface area contributed by atoms with E-state index in [1.165, 1.54) is 0 Å². The molecule has 4 fully saturated rings. The average Bonchev–Trinajstić information content (AvgIpc) is 2.82. The fraction of sp³-hybridized carbons (Fsp3) is 0.524. The highest BCUT2D eigenvalue weighted by Crippen LogP contribution is 2.52. The maximum absolute atomic E-state index is 12.9. The number of nitrogens with zero attached hydrogens (tertiary/aromatic N) is 3. The topological polar surface area (TPSA) is 43.9 Å². The molecule has 0 aliphatic carbocycles. The van der Waals surface area contributed by atoms with Crippen LogP contribution in [0, 0.1) is 10.8 Å². The molecule has 5 aliphatic heterocycles. The molecule has 0 unspecified atom stereocenters. The van der Waals surface area contributed by atoms with Gasteiger partial charge in [0.25, 0.3) is 5.91 Å². The van der Waals surface area contributed by atoms with Gasteiger partial charge in [0.1, 0.15) is 5.78 Å². The van der Waals surface area contributed by atoms with E-state index in [9.17, 15) is 9.59 Å². The molecule has 1 aromatic rings. The van der Waals surface area contributed by atoms with E-state index in [2.05, 4.69) is 36.6 Å². The minimum atomic E-state index is -0.330. The number of benzene rings is 1. The minimum Gasteiger partial charge on any atom is -0.311 e. The van der Waals surface area contributed by atoms with E-state index >= 15 is 0 Å². The zero-order chi connectivity index (χ0) is 18.5. The number of hydrogen-bond donors (Lipinski definition) is 0. The van der Waals surface area contributed by atoms with E-state index in [1.54, 1.807) is 4.90 Å². The summed E-state index contributed by atoms with van der Waals surface area (Å²) < 4.78 is 0. The molecule has 0 spiro atoms. The Hall–Kier alpha value is -1.98. The maximum atomic E-state index is 12.9. The van der Waals surface area contributed by atoms with Crippen LogP contribution in [0.25, 0.3) is 5.57 Å². The summed E-state index contributed by atoms with van der Waals surface area (Å²) in [7, 11) is 1.84. The normalized spacial score (nSPS) is 44.9. The molecule has 0 atom stereocenters. The van der Waals surface area contributed by atoms with Gasteiger partial charge in [-0.25, -0.2) is 0 Å². The molecule has 1 amide bonds. The summed E-state index contributed by atoms with van der Waals surface area (Å²) in [4.78, 5) is 32.4. The van der Waals surface area contributed by atoms with Gasteiger partial charge in [0, 0.05) is 44.4 Å². The molecule has 1 aromatic carbocycles. The minimum absolute atomic E-state index is 0.0529. The number of carbonyl (C=O) groups is 2. The van der Waals surface area contributed by atoms with Crippen molar-refractivity contribution in [3.8, 4) is 0 Å². The average molecular weight is 351 g/mol. The SMILES string of the molecule is CN1C(=O)/C(=C/C2(C)N3CC4(C)CN2CC(C)(C3)C4=O)c2ccccc21. The molecule has 0 aromatic heterocycles. The number of hydrogen-bond acceptors (Lipinski definition) is 4. The number of amides is 1. The molecule has 0 radical (unpaired) electrons. The summed E-state index contributed by atoms with van der Waals surface area (Å²) in [6.07, 6.45) is 2.15. The molecule has 6 rings (SSSR count). The number of carbonyl (C=O) groups excluding carboxylic acids is 2. The molecule has 4 saturated heterocycles. The quantitative estimate of drug-likeness (QED) is 0.726. The van der Waals surface area contributed by atoms with Gasteiger partial charge in [-0.3, -0.25) is 19.4 Å². The van der Waals surface area contributed by atoms with Gasteiger partial charge in [0.05, 0.1) is 22.2 Å². The van der Waals surface area contributed by atoms with Crippen molar-refractivity contribution in [2.24, 2.45) is 10.8 Å². The van der Waals surface area contributed by atoms with Crippen molar-refractivity contribution in [3.63, 3.8) is 0 Å². The summed E-state index contributed by atoms with van der Waals surface area (Å²) in [6.45, 7) is 9.47. The van der Waals surface area contributed by atoms with Gasteiger partial charge < -0.3 is 4.90 Å². The Morgan fingerprint density at radius 3 is 2.04 bits per heavy atom. The molecule has 5 heterocycles. The predicted molar refractivity (Wildman–Crippen MR) is 101 cm³/mol. The number of piperidine rings is 2. The van der Waals surface area contributed by atoms with Gasteiger partial charge in [-0.15, -0.1) is 0 Å². The predicted octanol–water partition coefficient (Wildman–Crippen LogP) is 1.99. The van der Waals surface area contributed by atoms with Gasteiger partial charge in [-0.1, -0.05) is 32.0 Å². The summed E-state index contributed by atoms with van der Waals surface area (Å²) in [5, 5.41) is 0. The smallest absolute Gasteiger partial charge is 0.258 e. The number of ketones is 1. The molecule has 4 bridgehead atoms. The molecule has 5 nitrogen and oxygen atoms in total. The van der Waals surface area contributed by atoms with Crippen LogP contribution in [0.4, 0.5) is 5.69 Å². The van der Waals surface area contributed by atoms with Crippen LogP contribution in [0.15, 0.2) is 30.3 Å². The third-order valence-electron chi connectivity index (χ3n) is 7.04. The highest BCUT2D eigenvalue weighted by Gasteiger charge is 2.65. The molecule has 5 aliphatic rings. The number of anilines is 1. The Labute approximate surface area is 154 Å². The van der Waals surface area contributed by atoms with Gasteiger partial charge in [0.2, 0.25) is 0 Å². The van der Waals surface area contributed by atoms with Crippen LogP contribution in [-0.2, 0) is 9.59 Å². The van der Waals surface area contributed by atoms with Crippen molar-refractivity contribution in [1.29, 1.82) is 0 Å². The van der Waals surface area contributed by atoms with Crippen molar-refractivity contribution in [1.82, 2.24) is 9.80 Å². The Bertz CT molecular complexity index is 847. The van der Waals surface area contributed by atoms with Crippen LogP contribution in [0.2, 0.25) is 0 Å². The fourth-order valence-corrected chi connectivity index (χ4v) is 5.75. The standard InChI is InChI=1S/C21H25N3O2/c1-19-10-23-12-20(2,18(19)26)13-24(11-19)21(23,3)9-15-14-7-5-6-8-16(14)22(4)17(15)25/h5-9H,10-13H2,1-4H3/b15-9+. The van der Waals surface area contributed by atoms with Crippen LogP contribution < -0.4 is 4.90 Å². The number of para-hydroxylation sites is 1. The Morgan fingerprint density at radius 1 is 0.923 bits per heavy atom. The maximum Gasteiger partial charge on any atom is 0.258 e. The van der Waals surface area contributed by atoms with E-state index in [0.717, 1.165) is 43.0 Å². The van der Waals surface area contributed by atoms with Crippen LogP contribution >= 0.6 is 0 Å². The Balaban J connectivity index is 1.61. The second-order valence-corrected chi connectivity index (χ2v) is 9.20. The molecular weight excluding hydrogens is 326 g/mol. The highest BCUT2D eigenvalue weighted by atomic mass is 16.2. The van der Waals surface area contributed by atoms with E-state index in [1.807, 2.05) is 31.3 Å². The van der Waals surface area contributed by atoms with E-state index < -0.39 is 0 Å². The van der Waals surface area contributed by atoms with Gasteiger partial charge in [-0.2, -0.15) is 0 Å². The van der Waals surface area contributed by atoms with Crippen LogP contribution in [0.3, 0.4) is 0 Å². The third-order valence-corrected chi connectivity index (χ3v) is 7.04. The zero-order valence-corrected chi connectivity index (χ0v) is 15.9. The zero-order valence-electron chi connectivity index (χ0n) is 15.9. The second-order valence-electron chi connectivity index (χ2n) is 9.20. The lowest BCUT2D eigenvalue weighted by Crippen LogP contribution is -2.81. The summed E-state index contributed by atoms with van der Waals surface area (Å²) in [5.74, 6) is 0.464. The Kier molecular flexibility index (Phi) is 2.90. The van der Waals surface area contributed by atoms with Crippen molar-refractivity contribution in [2.75, 3.05) is 38.1 Å². The van der Waals surface area contributed by atoms with Crippen molar-refractivity contribution in [3.05, 3.63) is 35.9 Å². The van der Waals surface area contributed by atoms with Crippen molar-refractivity contribution in [2.45, 2.75) is 26.4 Å². The molecular formula is C21H25N3O2. The molecule has 26 heavy (non-hydrogen) atoms. The first-order valence-electron chi connectivity index (χ1n) is 9.33. The van der Waals surface area contributed by atoms with Crippen LogP contribution in [0.5, 0.6) is 0 Å². The first-order valence-corrected chi connectivity index (χ1v) is 9.33. The highest BCUT2D eigenvalue weighted by molar-refractivity contribution is 6.32. The first kappa shape index (κ1) is 16.2. The molecule has 5 heteroatoms. The summed E-state index contributed by atoms with van der Waals surface area (Å²) in [6, 6.07) is 7.98. The summed E-state index contributed by atoms with van der Waals surface area (Å²) in [5.41, 5.74) is 1.83. The summed E-state index contributed by atoms with van der Waals surface area (Å²) >= 11 is 0. The third kappa shape index (κ3) is 1.78. The second kappa shape index (κ2) is 4.65. The number of Topliss-reactive ketones (excluding diaryl/α,β-unsaturated/α-hetero) is 1. The van der Waals surface area contributed by atoms with Crippen LogP contribution in [0.1, 0.15) is 26.3 Å². The lowest BCUT2D eigenvalue weighted by atomic mass is 9.60. The lowest BCUT2D eigenvalue weighted by molar-refractivity contribution is -0.211. The molecule has 0 N–H and O–H groups in total. The first-order chi connectivity index (χ1) is 12.2. The largest absolute Gasteiger partial charge is 0.311 e. The van der Waals surface area contributed by atoms with Crippen LogP contribution in [-0.4, -0.2) is 60.4 Å². The molecule has 136 valence electrons. The van der Waals surface area contributed by atoms with E-state index in [0.29, 0.717) is 5.78 Å². The number of fused-ring (bicyclic) bond motifs is 1. The van der Waals surface area contributed by atoms with Crippen molar-refractivity contribution >= 4 is 23.0 Å². The lowest BCUT2D eigenvalue weighted by Gasteiger charge is -2.68. The van der Waals surface area contributed by atoms with Gasteiger partial charge >= 0.3 is 0 Å². The van der Waals surface area contributed by atoms with E-state index in [4.69, 9.17) is 0 Å². The Morgan fingerprint density at radius 2 is 1.46 bits per heavy atom. The monoisotopic (exact) mass is 351 g/mol. The van der Waals surface area contributed by atoms with Crippen molar-refractivity contribution < 1.29 is 9.59 Å². The van der Waals surface area contributed by atoms with E-state index in [-0.39, 0.29) is 22.4 Å². The fourth-order valence-electron chi connectivity index (χ4n) is 5.75.